The van der Waals surface area contributed by atoms with Crippen molar-refractivity contribution in [3.63, 3.8) is 0 Å². The molecule has 0 unspecified atom stereocenters. The summed E-state index contributed by atoms with van der Waals surface area (Å²) in [6.45, 7) is 0. The Morgan fingerprint density at radius 2 is 1.27 bits per heavy atom. The summed E-state index contributed by atoms with van der Waals surface area (Å²) in [6.07, 6.45) is 0.796. The van der Waals surface area contributed by atoms with Crippen LogP contribution >= 0.6 is 0 Å². The summed E-state index contributed by atoms with van der Waals surface area (Å²) in [7, 11) is 0. The van der Waals surface area contributed by atoms with Gasteiger partial charge in [0.25, 0.3) is 0 Å². The summed E-state index contributed by atoms with van der Waals surface area (Å²) >= 11 is 0. The van der Waals surface area contributed by atoms with Crippen molar-refractivity contribution in [2.75, 3.05) is 0 Å². The Bertz CT molecular complexity index is 1270. The highest BCUT2D eigenvalue weighted by molar-refractivity contribution is 6.12. The molecule has 0 fully saturated rings. The number of hydrogen-bond acceptors (Lipinski definition) is 9. The van der Waals surface area contributed by atoms with E-state index in [1.54, 1.807) is 0 Å². The molecule has 3 aromatic carbocycles. The molecule has 0 saturated carbocycles. The Kier molecular flexibility index (Phi) is 2.78. The molecule has 4 rings (SSSR count). The Labute approximate surface area is 143 Å². The summed E-state index contributed by atoms with van der Waals surface area (Å²) in [4.78, 5) is 0. The second-order valence-electron chi connectivity index (χ2n) is 6.04. The topological polar surface area (TPSA) is 182 Å². The predicted octanol–water partition coefficient (Wildman–Crippen LogP) is -0.632. The first kappa shape index (κ1) is 15.9. The quantitative estimate of drug-likeness (QED) is 0.143. The van der Waals surface area contributed by atoms with Crippen LogP contribution in [0.3, 0.4) is 0 Å². The first-order valence-electron chi connectivity index (χ1n) is 7.24. The van der Waals surface area contributed by atoms with Crippen molar-refractivity contribution in [1.82, 2.24) is 0 Å². The molecule has 0 saturated heterocycles. The lowest BCUT2D eigenvalue weighted by Crippen LogP contribution is -2.27. The van der Waals surface area contributed by atoms with E-state index in [1.807, 2.05) is 0 Å². The van der Waals surface area contributed by atoms with E-state index < -0.39 is 51.3 Å². The van der Waals surface area contributed by atoms with Gasteiger partial charge in [0, 0.05) is 0 Å². The lowest BCUT2D eigenvalue weighted by atomic mass is 9.97. The van der Waals surface area contributed by atoms with E-state index in [1.165, 1.54) is 6.07 Å². The summed E-state index contributed by atoms with van der Waals surface area (Å²) in [5.41, 5.74) is 0. The summed E-state index contributed by atoms with van der Waals surface area (Å²) in [6, 6.07) is 2.29. The van der Waals surface area contributed by atoms with E-state index in [0.29, 0.717) is 0 Å². The van der Waals surface area contributed by atoms with Crippen LogP contribution in [0.25, 0.3) is 33.4 Å². The van der Waals surface area contributed by atoms with Crippen LogP contribution in [0.1, 0.15) is 0 Å². The Balaban J connectivity index is 2.39. The van der Waals surface area contributed by atoms with E-state index in [9.17, 15) is 46.0 Å². The van der Waals surface area contributed by atoms with Crippen molar-refractivity contribution in [1.29, 1.82) is 0 Å². The molecule has 0 bridgehead atoms. The van der Waals surface area contributed by atoms with E-state index in [0.717, 1.165) is 12.1 Å². The van der Waals surface area contributed by atoms with Crippen molar-refractivity contribution >= 4 is 33.4 Å². The molecular formula is C17H12O9. The number of fused-ring (bicyclic) bond motifs is 4. The fourth-order valence-electron chi connectivity index (χ4n) is 3.30. The molecular weight excluding hydrogens is 348 g/mol. The third-order valence-electron chi connectivity index (χ3n) is 4.52. The van der Waals surface area contributed by atoms with Gasteiger partial charge in [-0.05, 0) is 34.2 Å². The van der Waals surface area contributed by atoms with Gasteiger partial charge in [-0.2, -0.15) is 0 Å². The molecule has 9 heteroatoms. The van der Waals surface area contributed by atoms with Crippen LogP contribution in [0.4, 0.5) is 0 Å². The standard InChI is InChI=1S/C17H12O9/c18-7-2-4-1-5-6-3-17(25,26)16(24)10(6)15(23)14(22)9(5)12(20)8(4)13(21)11(7)19/h1-3,18-26H. The largest absolute Gasteiger partial charge is 0.506 e. The molecule has 0 aliphatic heterocycles. The van der Waals surface area contributed by atoms with E-state index >= 15 is 0 Å². The second kappa shape index (κ2) is 4.54. The molecule has 0 radical (unpaired) electrons. The zero-order valence-electron chi connectivity index (χ0n) is 12.8. The van der Waals surface area contributed by atoms with Gasteiger partial charge in [-0.3, -0.25) is 0 Å². The van der Waals surface area contributed by atoms with Crippen molar-refractivity contribution in [3.8, 4) is 34.5 Å². The third kappa shape index (κ3) is 1.70. The number of aromatic hydroxyl groups is 6. The van der Waals surface area contributed by atoms with Gasteiger partial charge in [-0.1, -0.05) is 0 Å². The highest BCUT2D eigenvalue weighted by atomic mass is 16.5. The molecule has 1 aliphatic rings. The lowest BCUT2D eigenvalue weighted by Gasteiger charge is -2.13. The van der Waals surface area contributed by atoms with E-state index in [-0.39, 0.29) is 26.8 Å². The van der Waals surface area contributed by atoms with Crippen LogP contribution in [0, 0.1) is 0 Å². The molecule has 0 atom stereocenters. The Morgan fingerprint density at radius 1 is 0.654 bits per heavy atom. The van der Waals surface area contributed by atoms with Crippen molar-refractivity contribution in [2.45, 2.75) is 5.79 Å². The van der Waals surface area contributed by atoms with Crippen LogP contribution < -0.4 is 10.4 Å². The van der Waals surface area contributed by atoms with Crippen LogP contribution in [-0.2, 0) is 0 Å². The summed E-state index contributed by atoms with van der Waals surface area (Å²) < 4.78 is 0. The first-order chi connectivity index (χ1) is 12.1. The van der Waals surface area contributed by atoms with Crippen LogP contribution in [0.5, 0.6) is 34.5 Å². The van der Waals surface area contributed by atoms with Crippen LogP contribution in [0.15, 0.2) is 12.1 Å². The lowest BCUT2D eigenvalue weighted by molar-refractivity contribution is -0.0671. The second-order valence-corrected chi connectivity index (χ2v) is 6.04. The van der Waals surface area contributed by atoms with Gasteiger partial charge in [-0.25, -0.2) is 0 Å². The van der Waals surface area contributed by atoms with Gasteiger partial charge in [0.2, 0.25) is 11.5 Å². The fourth-order valence-corrected chi connectivity index (χ4v) is 3.30. The zero-order chi connectivity index (χ0) is 19.1. The van der Waals surface area contributed by atoms with Gasteiger partial charge in [0.05, 0.1) is 16.0 Å². The first-order valence-corrected chi connectivity index (χ1v) is 7.24. The minimum absolute atomic E-state index is 0.0127. The van der Waals surface area contributed by atoms with E-state index in [2.05, 4.69) is 0 Å². The molecule has 1 aliphatic carbocycles. The highest BCUT2D eigenvalue weighted by Gasteiger charge is 2.35. The van der Waals surface area contributed by atoms with Gasteiger partial charge in [-0.15, -0.1) is 0 Å². The van der Waals surface area contributed by atoms with Crippen molar-refractivity contribution in [3.05, 3.63) is 22.6 Å². The SMILES string of the molecule is OC1=c2c(O)c(O)c3c(O)c4c(O)c(O)c(O)cc4cc3c2=CC1(O)O. The molecule has 3 aromatic rings. The number of hydrogen-bond donors (Lipinski definition) is 9. The third-order valence-corrected chi connectivity index (χ3v) is 4.52. The maximum atomic E-state index is 10.5. The van der Waals surface area contributed by atoms with Gasteiger partial charge >= 0.3 is 0 Å². The number of aliphatic hydroxyl groups is 3. The summed E-state index contributed by atoms with van der Waals surface area (Å²) in [5.74, 6) is -8.77. The maximum Gasteiger partial charge on any atom is 0.244 e. The van der Waals surface area contributed by atoms with Gasteiger partial charge < -0.3 is 46.0 Å². The average Bonchev–Trinajstić information content (AvgIpc) is 2.80. The molecule has 0 aromatic heterocycles. The van der Waals surface area contributed by atoms with E-state index in [4.69, 9.17) is 0 Å². The molecule has 0 spiro atoms. The fraction of sp³-hybridized carbons (Fsp3) is 0.0588. The minimum Gasteiger partial charge on any atom is -0.506 e. The minimum atomic E-state index is -2.80. The monoisotopic (exact) mass is 360 g/mol. The van der Waals surface area contributed by atoms with Crippen molar-refractivity contribution in [2.24, 2.45) is 0 Å². The van der Waals surface area contributed by atoms with Crippen LogP contribution in [-0.4, -0.2) is 51.7 Å². The zero-order valence-corrected chi connectivity index (χ0v) is 12.8. The highest BCUT2D eigenvalue weighted by Crippen LogP contribution is 2.49. The van der Waals surface area contributed by atoms with Crippen LogP contribution in [0.2, 0.25) is 0 Å². The summed E-state index contributed by atoms with van der Waals surface area (Å²) in [5, 5.41) is 88.6. The van der Waals surface area contributed by atoms with Gasteiger partial charge in [0.1, 0.15) is 5.75 Å². The molecule has 9 N–H and O–H groups in total. The molecule has 9 nitrogen and oxygen atoms in total. The Hall–Kier alpha value is -3.56. The number of rotatable bonds is 0. The molecule has 134 valence electrons. The van der Waals surface area contributed by atoms with Crippen molar-refractivity contribution < 1.29 is 46.0 Å². The number of phenolic OH excluding ortho intramolecular Hbond substituents is 6. The predicted molar refractivity (Wildman–Crippen MR) is 88.4 cm³/mol. The molecule has 0 heterocycles. The number of phenols is 6. The molecule has 0 amide bonds. The normalized spacial score (nSPS) is 15.4. The average molecular weight is 360 g/mol. The smallest absolute Gasteiger partial charge is 0.244 e. The Morgan fingerprint density at radius 3 is 1.92 bits per heavy atom. The number of aliphatic hydroxyl groups excluding tert-OH is 1. The maximum absolute atomic E-state index is 10.5. The van der Waals surface area contributed by atoms with Gasteiger partial charge in [0.15, 0.2) is 28.8 Å². The number of benzene rings is 3. The molecule has 26 heavy (non-hydrogen) atoms.